The summed E-state index contributed by atoms with van der Waals surface area (Å²) in [5, 5.41) is 2.89. The van der Waals surface area contributed by atoms with Gasteiger partial charge in [0, 0.05) is 24.3 Å². The molecule has 164 valence electrons. The summed E-state index contributed by atoms with van der Waals surface area (Å²) in [5.74, 6) is 0.385. The van der Waals surface area contributed by atoms with E-state index in [9.17, 15) is 9.59 Å². The third-order valence-electron chi connectivity index (χ3n) is 5.72. The van der Waals surface area contributed by atoms with Crippen LogP contribution >= 0.6 is 0 Å². The van der Waals surface area contributed by atoms with Crippen LogP contribution in [-0.2, 0) is 16.1 Å². The van der Waals surface area contributed by atoms with E-state index in [1.165, 1.54) is 0 Å². The summed E-state index contributed by atoms with van der Waals surface area (Å²) in [5.41, 5.74) is 4.67. The first kappa shape index (κ1) is 20.2. The molecule has 9 heteroatoms. The van der Waals surface area contributed by atoms with Gasteiger partial charge in [-0.1, -0.05) is 0 Å². The normalized spacial score (nSPS) is 16.6. The monoisotopic (exact) mass is 432 g/mol. The fourth-order valence-electron chi connectivity index (χ4n) is 4.06. The molecule has 0 spiro atoms. The van der Waals surface area contributed by atoms with Gasteiger partial charge in [-0.15, -0.1) is 0 Å². The number of aryl methyl sites for hydroxylation is 2. The Labute approximate surface area is 184 Å². The Bertz CT molecular complexity index is 1320. The van der Waals surface area contributed by atoms with Crippen molar-refractivity contribution in [2.45, 2.75) is 26.5 Å². The lowest BCUT2D eigenvalue weighted by Gasteiger charge is -2.32. The van der Waals surface area contributed by atoms with Crippen LogP contribution in [0, 0.1) is 6.92 Å². The summed E-state index contributed by atoms with van der Waals surface area (Å²) in [4.78, 5) is 39.4. The number of hydrogen-bond donors (Lipinski definition) is 2. The van der Waals surface area contributed by atoms with Gasteiger partial charge < -0.3 is 24.5 Å². The van der Waals surface area contributed by atoms with E-state index in [0.717, 1.165) is 34.4 Å². The second-order valence-electron chi connectivity index (χ2n) is 7.89. The predicted octanol–water partition coefficient (Wildman–Crippen LogP) is 2.72. The van der Waals surface area contributed by atoms with E-state index >= 15 is 0 Å². The highest BCUT2D eigenvalue weighted by Gasteiger charge is 2.30. The molecule has 1 unspecified atom stereocenters. The number of imidazole rings is 2. The first-order valence-corrected chi connectivity index (χ1v) is 10.6. The molecule has 2 aromatic heterocycles. The molecule has 3 heterocycles. The lowest BCUT2D eigenvalue weighted by atomic mass is 10.1. The van der Waals surface area contributed by atoms with Crippen molar-refractivity contribution in [2.75, 3.05) is 25.0 Å². The molecule has 9 nitrogen and oxygen atoms in total. The van der Waals surface area contributed by atoms with Crippen molar-refractivity contribution in [3.8, 4) is 0 Å². The van der Waals surface area contributed by atoms with Crippen LogP contribution < -0.4 is 5.32 Å². The number of carbonyl (C=O) groups is 2. The van der Waals surface area contributed by atoms with E-state index < -0.39 is 6.10 Å². The zero-order valence-corrected chi connectivity index (χ0v) is 18.0. The number of ether oxygens (including phenoxy) is 1. The number of morpholine rings is 1. The van der Waals surface area contributed by atoms with E-state index in [4.69, 9.17) is 4.74 Å². The standard InChI is InChI=1S/C23H24N6O3/c1-3-28-13-24-19-11-16(5-7-20(19)28)27-22(30)21-12-29(8-9-32-21)23(31)15-4-6-17-18(10-15)26-14(2)25-17/h4-7,10-11,13,21H,3,8-9,12H2,1-2H3,(H,25,26)(H,27,30). The molecular formula is C23H24N6O3. The van der Waals surface area contributed by atoms with Crippen molar-refractivity contribution in [3.63, 3.8) is 0 Å². The molecule has 2 N–H and O–H groups in total. The van der Waals surface area contributed by atoms with Gasteiger partial charge in [0.1, 0.15) is 5.82 Å². The van der Waals surface area contributed by atoms with Gasteiger partial charge in [0.15, 0.2) is 6.10 Å². The quantitative estimate of drug-likeness (QED) is 0.516. The maximum absolute atomic E-state index is 13.0. The molecule has 2 amide bonds. The SMILES string of the molecule is CCn1cnc2cc(NC(=O)C3CN(C(=O)c4ccc5nc(C)[nH]c5c4)CCO3)ccc21. The predicted molar refractivity (Wildman–Crippen MR) is 121 cm³/mol. The van der Waals surface area contributed by atoms with Crippen molar-refractivity contribution < 1.29 is 14.3 Å². The van der Waals surface area contributed by atoms with Crippen molar-refractivity contribution in [2.24, 2.45) is 0 Å². The number of rotatable bonds is 4. The summed E-state index contributed by atoms with van der Waals surface area (Å²) >= 11 is 0. The third kappa shape index (κ3) is 3.71. The zero-order chi connectivity index (χ0) is 22.2. The lowest BCUT2D eigenvalue weighted by molar-refractivity contribution is -0.131. The van der Waals surface area contributed by atoms with Gasteiger partial charge in [0.2, 0.25) is 0 Å². The van der Waals surface area contributed by atoms with Crippen LogP contribution in [0.3, 0.4) is 0 Å². The van der Waals surface area contributed by atoms with Gasteiger partial charge >= 0.3 is 0 Å². The molecule has 2 aromatic carbocycles. The number of carbonyl (C=O) groups excluding carboxylic acids is 2. The van der Waals surface area contributed by atoms with E-state index in [0.29, 0.717) is 24.4 Å². The molecule has 0 aliphatic carbocycles. The third-order valence-corrected chi connectivity index (χ3v) is 5.72. The lowest BCUT2D eigenvalue weighted by Crippen LogP contribution is -2.50. The van der Waals surface area contributed by atoms with Gasteiger partial charge in [-0.05, 0) is 50.2 Å². The van der Waals surface area contributed by atoms with E-state index in [-0.39, 0.29) is 18.4 Å². The highest BCUT2D eigenvalue weighted by atomic mass is 16.5. The fraction of sp³-hybridized carbons (Fsp3) is 0.304. The van der Waals surface area contributed by atoms with Gasteiger partial charge in [-0.2, -0.15) is 0 Å². The Kier molecular flexibility index (Phi) is 5.10. The molecule has 4 aromatic rings. The second-order valence-corrected chi connectivity index (χ2v) is 7.89. The number of anilines is 1. The van der Waals surface area contributed by atoms with Crippen LogP contribution in [0.15, 0.2) is 42.7 Å². The Morgan fingerprint density at radius 3 is 2.94 bits per heavy atom. The van der Waals surface area contributed by atoms with E-state index in [1.54, 1.807) is 23.4 Å². The van der Waals surface area contributed by atoms with Crippen LogP contribution in [0.25, 0.3) is 22.1 Å². The number of nitrogens with zero attached hydrogens (tertiary/aromatic N) is 4. The van der Waals surface area contributed by atoms with Gasteiger partial charge in [-0.3, -0.25) is 9.59 Å². The first-order valence-electron chi connectivity index (χ1n) is 10.6. The summed E-state index contributed by atoms with van der Waals surface area (Å²) < 4.78 is 7.71. The molecule has 0 bridgehead atoms. The number of fused-ring (bicyclic) bond motifs is 2. The number of aromatic nitrogens is 4. The number of hydrogen-bond acceptors (Lipinski definition) is 5. The summed E-state index contributed by atoms with van der Waals surface area (Å²) in [7, 11) is 0. The highest BCUT2D eigenvalue weighted by Crippen LogP contribution is 2.20. The Hall–Kier alpha value is -3.72. The molecular weight excluding hydrogens is 408 g/mol. The number of aromatic amines is 1. The molecule has 32 heavy (non-hydrogen) atoms. The fourth-order valence-corrected chi connectivity index (χ4v) is 4.06. The molecule has 1 atom stereocenters. The summed E-state index contributed by atoms with van der Waals surface area (Å²) in [6.07, 6.45) is 1.04. The minimum absolute atomic E-state index is 0.133. The van der Waals surface area contributed by atoms with Gasteiger partial charge in [0.25, 0.3) is 11.8 Å². The number of amides is 2. The smallest absolute Gasteiger partial charge is 0.255 e. The van der Waals surface area contributed by atoms with Gasteiger partial charge in [0.05, 0.1) is 41.5 Å². The topological polar surface area (TPSA) is 105 Å². The second kappa shape index (κ2) is 8.08. The maximum atomic E-state index is 13.0. The van der Waals surface area contributed by atoms with Gasteiger partial charge in [-0.25, -0.2) is 9.97 Å². The van der Waals surface area contributed by atoms with Crippen LogP contribution in [0.2, 0.25) is 0 Å². The molecule has 0 saturated carbocycles. The number of nitrogens with one attached hydrogen (secondary N) is 2. The van der Waals surface area contributed by atoms with E-state index in [2.05, 4.69) is 27.2 Å². The number of H-pyrrole nitrogens is 1. The van der Waals surface area contributed by atoms with Crippen LogP contribution in [0.4, 0.5) is 5.69 Å². The molecule has 1 fully saturated rings. The van der Waals surface area contributed by atoms with Crippen molar-refractivity contribution in [1.29, 1.82) is 0 Å². The molecule has 1 saturated heterocycles. The molecule has 1 aliphatic rings. The van der Waals surface area contributed by atoms with Crippen LogP contribution in [-0.4, -0.2) is 62.0 Å². The average Bonchev–Trinajstić information content (AvgIpc) is 3.39. The number of benzene rings is 2. The largest absolute Gasteiger partial charge is 0.365 e. The molecule has 1 aliphatic heterocycles. The van der Waals surface area contributed by atoms with Crippen molar-refractivity contribution in [3.05, 3.63) is 54.1 Å². The van der Waals surface area contributed by atoms with Crippen molar-refractivity contribution >= 4 is 39.6 Å². The minimum Gasteiger partial charge on any atom is -0.365 e. The molecule has 0 radical (unpaired) electrons. The Morgan fingerprint density at radius 2 is 2.09 bits per heavy atom. The van der Waals surface area contributed by atoms with Crippen LogP contribution in [0.1, 0.15) is 23.1 Å². The van der Waals surface area contributed by atoms with Crippen LogP contribution in [0.5, 0.6) is 0 Å². The summed E-state index contributed by atoms with van der Waals surface area (Å²) in [6.45, 7) is 5.68. The highest BCUT2D eigenvalue weighted by molar-refractivity contribution is 5.99. The maximum Gasteiger partial charge on any atom is 0.255 e. The Morgan fingerprint density at radius 1 is 1.22 bits per heavy atom. The average molecular weight is 432 g/mol. The zero-order valence-electron chi connectivity index (χ0n) is 18.0. The van der Waals surface area contributed by atoms with Crippen molar-refractivity contribution in [1.82, 2.24) is 24.4 Å². The molecule has 5 rings (SSSR count). The van der Waals surface area contributed by atoms with E-state index in [1.807, 2.05) is 35.8 Å². The minimum atomic E-state index is -0.741. The summed E-state index contributed by atoms with van der Waals surface area (Å²) in [6, 6.07) is 11.0. The first-order chi connectivity index (χ1) is 15.5. The Balaban J connectivity index is 1.28.